The van der Waals surface area contributed by atoms with Crippen LogP contribution in [-0.4, -0.2) is 35.2 Å². The molecule has 2 atom stereocenters. The Morgan fingerprint density at radius 2 is 1.75 bits per heavy atom. The smallest absolute Gasteiger partial charge is 0.420 e. The highest BCUT2D eigenvalue weighted by Crippen LogP contribution is 2.45. The minimum atomic E-state index is -1.93. The zero-order chi connectivity index (χ0) is 28.4. The van der Waals surface area contributed by atoms with E-state index in [0.717, 1.165) is 11.1 Å². The van der Waals surface area contributed by atoms with Crippen molar-refractivity contribution in [2.75, 3.05) is 11.9 Å². The molecule has 5 rings (SSSR count). The Morgan fingerprint density at radius 1 is 1.00 bits per heavy atom. The fraction of sp³-hybridized carbons (Fsp3) is 0.267. The number of carbonyl (C=O) groups is 4. The van der Waals surface area contributed by atoms with Crippen LogP contribution in [-0.2, 0) is 47.3 Å². The van der Waals surface area contributed by atoms with Crippen molar-refractivity contribution in [1.29, 1.82) is 0 Å². The molecule has 3 aromatic rings. The molecule has 0 saturated carbocycles. The lowest BCUT2D eigenvalue weighted by molar-refractivity contribution is -0.305. The lowest BCUT2D eigenvalue weighted by Gasteiger charge is -2.47. The van der Waals surface area contributed by atoms with Crippen LogP contribution in [0.25, 0.3) is 0 Å². The number of Topliss-reactive ketones (excluding diaryl/α,β-unsaturated/α-hetero) is 1. The molecule has 3 aromatic carbocycles. The Morgan fingerprint density at radius 3 is 2.48 bits per heavy atom. The van der Waals surface area contributed by atoms with E-state index in [1.54, 1.807) is 30.3 Å². The first-order chi connectivity index (χ1) is 19.2. The average molecular weight is 581 g/mol. The molecule has 8 nitrogen and oxygen atoms in total. The van der Waals surface area contributed by atoms with Crippen LogP contribution in [0.1, 0.15) is 47.9 Å². The van der Waals surface area contributed by atoms with Crippen LogP contribution in [0.4, 0.5) is 5.69 Å². The van der Waals surface area contributed by atoms with Gasteiger partial charge >= 0.3 is 11.9 Å². The number of hydroxylamine groups is 2. The number of hydrogen-bond donors (Lipinski definition) is 1. The predicted octanol–water partition coefficient (Wildman–Crippen LogP) is 5.35. The number of carbonyl (C=O) groups excluding carboxylic acids is 4. The molecule has 0 spiro atoms. The second-order valence-electron chi connectivity index (χ2n) is 9.78. The van der Waals surface area contributed by atoms with Crippen LogP contribution in [0.5, 0.6) is 0 Å². The number of ether oxygens (including phenoxy) is 1. The van der Waals surface area contributed by atoms with Gasteiger partial charge in [0.05, 0.1) is 10.0 Å². The number of amides is 1. The summed E-state index contributed by atoms with van der Waals surface area (Å²) in [6.45, 7) is 1.63. The number of halogens is 2. The molecular formula is C30H26Cl2N2O6. The molecule has 1 N–H and O–H groups in total. The van der Waals surface area contributed by atoms with E-state index in [0.29, 0.717) is 47.5 Å². The second-order valence-corrected chi connectivity index (χ2v) is 10.6. The third kappa shape index (κ3) is 5.35. The van der Waals surface area contributed by atoms with Gasteiger partial charge in [-0.1, -0.05) is 70.7 Å². The lowest BCUT2D eigenvalue weighted by atomic mass is 9.78. The number of ketones is 1. The van der Waals surface area contributed by atoms with Crippen molar-refractivity contribution in [2.45, 2.75) is 44.2 Å². The number of fused-ring (bicyclic) bond motifs is 3. The van der Waals surface area contributed by atoms with Gasteiger partial charge in [-0.05, 0) is 66.6 Å². The van der Waals surface area contributed by atoms with Gasteiger partial charge in [0.25, 0.3) is 5.72 Å². The molecule has 10 heteroatoms. The molecule has 0 aliphatic carbocycles. The van der Waals surface area contributed by atoms with Gasteiger partial charge in [-0.2, -0.15) is 0 Å². The standard InChI is InChI=1S/C30H26Cl2N2O6/c1-18(35)33-22-12-9-19(10-13-22)5-4-7-23(21-11-14-25(31)26(32)17-21)27(36)30-24-8-3-2-6-20(24)15-16-34(30)40-29(38)28(37)39-30/h2-3,6,8-14,17,23H,4-5,7,15-16H2,1H3,(H,33,35). The maximum absolute atomic E-state index is 14.6. The van der Waals surface area contributed by atoms with Gasteiger partial charge in [-0.15, -0.1) is 0 Å². The normalized spacial score (nSPS) is 19.1. The van der Waals surface area contributed by atoms with Crippen molar-refractivity contribution in [2.24, 2.45) is 0 Å². The van der Waals surface area contributed by atoms with Gasteiger partial charge in [0.15, 0.2) is 0 Å². The molecule has 1 fully saturated rings. The van der Waals surface area contributed by atoms with E-state index < -0.39 is 29.4 Å². The number of benzene rings is 3. The molecular weight excluding hydrogens is 555 g/mol. The Labute approximate surface area is 241 Å². The van der Waals surface area contributed by atoms with Gasteiger partial charge in [0.2, 0.25) is 11.7 Å². The summed E-state index contributed by atoms with van der Waals surface area (Å²) in [5.41, 5.74) is 1.68. The first kappa shape index (κ1) is 27.8. The number of aryl methyl sites for hydroxylation is 1. The Balaban J connectivity index is 1.49. The van der Waals surface area contributed by atoms with Crippen LogP contribution in [0.15, 0.2) is 66.7 Å². The summed E-state index contributed by atoms with van der Waals surface area (Å²) in [5, 5.41) is 4.56. The van der Waals surface area contributed by atoms with E-state index >= 15 is 0 Å². The van der Waals surface area contributed by atoms with Crippen molar-refractivity contribution in [1.82, 2.24) is 5.06 Å². The van der Waals surface area contributed by atoms with Crippen molar-refractivity contribution in [3.63, 3.8) is 0 Å². The molecule has 2 aliphatic heterocycles. The summed E-state index contributed by atoms with van der Waals surface area (Å²) in [7, 11) is 0. The van der Waals surface area contributed by atoms with E-state index in [1.165, 1.54) is 12.0 Å². The van der Waals surface area contributed by atoms with E-state index in [4.69, 9.17) is 32.8 Å². The quantitative estimate of drug-likeness (QED) is 0.283. The van der Waals surface area contributed by atoms with E-state index in [2.05, 4.69) is 5.32 Å². The van der Waals surface area contributed by atoms with E-state index in [1.807, 2.05) is 36.4 Å². The van der Waals surface area contributed by atoms with Crippen molar-refractivity contribution < 1.29 is 28.8 Å². The van der Waals surface area contributed by atoms with Crippen LogP contribution in [0.3, 0.4) is 0 Å². The molecule has 40 heavy (non-hydrogen) atoms. The first-order valence-electron chi connectivity index (χ1n) is 12.9. The molecule has 2 aliphatic rings. The minimum absolute atomic E-state index is 0.150. The summed E-state index contributed by atoms with van der Waals surface area (Å²) < 4.78 is 5.71. The number of esters is 1. The van der Waals surface area contributed by atoms with E-state index in [9.17, 15) is 19.2 Å². The number of nitrogens with zero attached hydrogens (tertiary/aromatic N) is 1. The molecule has 206 valence electrons. The number of hydrogen-bond acceptors (Lipinski definition) is 7. The number of anilines is 1. The summed E-state index contributed by atoms with van der Waals surface area (Å²) in [6, 6.07) is 19.6. The number of nitrogens with one attached hydrogen (secondary N) is 1. The Kier molecular flexibility index (Phi) is 7.94. The topological polar surface area (TPSA) is 102 Å². The van der Waals surface area contributed by atoms with Gasteiger partial charge in [-0.25, -0.2) is 9.59 Å². The molecule has 0 aromatic heterocycles. The zero-order valence-corrected chi connectivity index (χ0v) is 23.1. The predicted molar refractivity (Wildman–Crippen MR) is 149 cm³/mol. The van der Waals surface area contributed by atoms with Crippen LogP contribution >= 0.6 is 23.2 Å². The van der Waals surface area contributed by atoms with Crippen molar-refractivity contribution in [3.8, 4) is 0 Å². The highest BCUT2D eigenvalue weighted by Gasteiger charge is 2.60. The van der Waals surface area contributed by atoms with Gasteiger partial charge in [-0.3, -0.25) is 9.59 Å². The van der Waals surface area contributed by atoms with Crippen LogP contribution < -0.4 is 5.32 Å². The summed E-state index contributed by atoms with van der Waals surface area (Å²) >= 11 is 12.5. The largest absolute Gasteiger partial charge is 0.436 e. The highest BCUT2D eigenvalue weighted by molar-refractivity contribution is 6.42. The molecule has 0 radical (unpaired) electrons. The molecule has 2 unspecified atom stereocenters. The highest BCUT2D eigenvalue weighted by atomic mass is 35.5. The molecule has 1 saturated heterocycles. The third-order valence-electron chi connectivity index (χ3n) is 7.15. The SMILES string of the molecule is CC(=O)Nc1ccc(CCCC(C(=O)C23OC(=O)C(=O)ON2CCc2ccccc23)c2ccc(Cl)c(Cl)c2)cc1. The Bertz CT molecular complexity index is 1490. The second kappa shape index (κ2) is 11.4. The first-order valence-corrected chi connectivity index (χ1v) is 13.6. The zero-order valence-electron chi connectivity index (χ0n) is 21.6. The Hall–Kier alpha value is -3.72. The van der Waals surface area contributed by atoms with Crippen molar-refractivity contribution in [3.05, 3.63) is 99.0 Å². The average Bonchev–Trinajstić information content (AvgIpc) is 2.94. The third-order valence-corrected chi connectivity index (χ3v) is 7.89. The van der Waals surface area contributed by atoms with Gasteiger partial charge in [0, 0.05) is 30.6 Å². The molecule has 1 amide bonds. The minimum Gasteiger partial charge on any atom is -0.420 e. The fourth-order valence-corrected chi connectivity index (χ4v) is 5.61. The molecule has 2 heterocycles. The van der Waals surface area contributed by atoms with Crippen molar-refractivity contribution >= 4 is 52.5 Å². The summed E-state index contributed by atoms with van der Waals surface area (Å²) in [6.07, 6.45) is 2.13. The lowest BCUT2D eigenvalue weighted by Crippen LogP contribution is -2.63. The van der Waals surface area contributed by atoms with Gasteiger partial charge in [0.1, 0.15) is 0 Å². The van der Waals surface area contributed by atoms with Gasteiger partial charge < -0.3 is 14.9 Å². The summed E-state index contributed by atoms with van der Waals surface area (Å²) in [5.74, 6) is -3.76. The number of rotatable bonds is 8. The van der Waals surface area contributed by atoms with E-state index in [-0.39, 0.29) is 17.5 Å². The summed E-state index contributed by atoms with van der Waals surface area (Å²) in [4.78, 5) is 56.0. The van der Waals surface area contributed by atoms with Crippen LogP contribution in [0, 0.1) is 0 Å². The van der Waals surface area contributed by atoms with Crippen LogP contribution in [0.2, 0.25) is 10.0 Å². The molecule has 0 bridgehead atoms. The maximum Gasteiger partial charge on any atom is 0.436 e. The fourth-order valence-electron chi connectivity index (χ4n) is 5.30. The maximum atomic E-state index is 14.6. The monoisotopic (exact) mass is 580 g/mol.